The van der Waals surface area contributed by atoms with E-state index < -0.39 is 0 Å². The van der Waals surface area contributed by atoms with Gasteiger partial charge in [-0.3, -0.25) is 0 Å². The maximum atomic E-state index is 4.17. The summed E-state index contributed by atoms with van der Waals surface area (Å²) in [6.07, 6.45) is 3.61. The summed E-state index contributed by atoms with van der Waals surface area (Å²) in [6.45, 7) is 0. The fourth-order valence-corrected chi connectivity index (χ4v) is 0.118. The first-order chi connectivity index (χ1) is 2.50. The van der Waals surface area contributed by atoms with Gasteiger partial charge >= 0.3 is 0 Å². The monoisotopic (exact) mass is 262 g/mol. The van der Waals surface area contributed by atoms with Gasteiger partial charge in [0.1, 0.15) is 0 Å². The zero-order valence-electron chi connectivity index (χ0n) is 2.71. The van der Waals surface area contributed by atoms with E-state index in [1.807, 2.05) is 0 Å². The molecule has 0 aliphatic rings. The third-order valence-electron chi connectivity index (χ3n) is 0.251. The molecule has 35 valence electrons. The number of aromatic nitrogens is 2. The second-order valence-corrected chi connectivity index (χ2v) is 0.534. The van der Waals surface area contributed by atoms with Gasteiger partial charge in [0.15, 0.2) is 0 Å². The summed E-state index contributed by atoms with van der Waals surface area (Å²) >= 11 is 0. The predicted molar refractivity (Wildman–Crippen MR) is 13.1 cm³/mol. The Morgan fingerprint density at radius 3 is 2.67 bits per heavy atom. The molecule has 0 amide bonds. The fourth-order valence-electron chi connectivity index (χ4n) is 0.118. The molecule has 0 fully saturated rings. The Hall–Kier alpha value is -0.211. The van der Waals surface area contributed by atoms with Crippen molar-refractivity contribution >= 4 is 0 Å². The topological polar surface area (TPSA) is 38.9 Å². The van der Waals surface area contributed by atoms with Crippen LogP contribution in [0.5, 0.6) is 0 Å². The maximum absolute atomic E-state index is 4.17. The second kappa shape index (κ2) is 3.00. The van der Waals surface area contributed by atoms with Crippen molar-refractivity contribution in [3.63, 3.8) is 0 Å². The quantitative estimate of drug-likeness (QED) is 0.611. The fraction of sp³-hybridized carbons (Fsp3) is 0. The van der Waals surface area contributed by atoms with Crippen molar-refractivity contribution in [2.75, 3.05) is 0 Å². The van der Waals surface area contributed by atoms with Gasteiger partial charge in [-0.25, -0.2) is 0 Å². The molecule has 1 rings (SSSR count). The van der Waals surface area contributed by atoms with Crippen LogP contribution in [0.15, 0.2) is 10.8 Å². The molecular weight excluding hydrogens is 260 g/mol. The van der Waals surface area contributed by atoms with Crippen LogP contribution in [-0.2, 0) is 20.1 Å². The smallest absolute Gasteiger partial charge is 0 e. The van der Waals surface area contributed by atoms with E-state index in [-0.39, 0.29) is 20.1 Å². The van der Waals surface area contributed by atoms with Crippen LogP contribution < -0.4 is 0 Å². The van der Waals surface area contributed by atoms with E-state index in [1.165, 1.54) is 6.26 Å². The first-order valence-electron chi connectivity index (χ1n) is 1.13. The molecule has 0 aromatic carbocycles. The molecule has 1 radical (unpaired) electrons. The normalized spacial score (nSPS) is 6.67. The van der Waals surface area contributed by atoms with Gasteiger partial charge in [0.25, 0.3) is 0 Å². The van der Waals surface area contributed by atoms with Crippen LogP contribution in [0.1, 0.15) is 0 Å². The Morgan fingerprint density at radius 1 is 1.67 bits per heavy atom. The van der Waals surface area contributed by atoms with Crippen LogP contribution in [0, 0.1) is 6.20 Å². The molecule has 0 atom stereocenters. The molecule has 0 aliphatic carbocycles. The molecule has 0 saturated carbocycles. The summed E-state index contributed by atoms with van der Waals surface area (Å²) in [5.74, 6) is 0. The van der Waals surface area contributed by atoms with Gasteiger partial charge in [0.05, 0.1) is 0 Å². The molecule has 0 spiro atoms. The molecule has 0 unspecified atom stereocenters. The van der Waals surface area contributed by atoms with E-state index in [2.05, 4.69) is 21.1 Å². The van der Waals surface area contributed by atoms with Crippen LogP contribution in [0.25, 0.3) is 0 Å². The molecule has 3 nitrogen and oxygen atoms in total. The van der Waals surface area contributed by atoms with Crippen LogP contribution in [-0.4, -0.2) is 10.4 Å². The number of nitrogens with zero attached hydrogens (tertiary/aromatic N) is 2. The first kappa shape index (κ1) is 5.79. The van der Waals surface area contributed by atoms with Gasteiger partial charge in [-0.05, 0) is 11.5 Å². The van der Waals surface area contributed by atoms with Crippen molar-refractivity contribution in [2.24, 2.45) is 0 Å². The van der Waals surface area contributed by atoms with Gasteiger partial charge in [-0.15, -0.1) is 0 Å². The van der Waals surface area contributed by atoms with Crippen molar-refractivity contribution < 1.29 is 24.6 Å². The van der Waals surface area contributed by atoms with E-state index >= 15 is 0 Å². The number of hydrogen-bond acceptors (Lipinski definition) is 3. The van der Waals surface area contributed by atoms with Crippen LogP contribution in [0.2, 0.25) is 0 Å². The van der Waals surface area contributed by atoms with Crippen molar-refractivity contribution in [2.45, 2.75) is 0 Å². The molecule has 1 heterocycles. The Bertz CT molecular complexity index is 68.0. The summed E-state index contributed by atoms with van der Waals surface area (Å²) in [5.41, 5.74) is 0. The maximum Gasteiger partial charge on any atom is 0 e. The van der Waals surface area contributed by atoms with Crippen LogP contribution in [0.4, 0.5) is 0 Å². The summed E-state index contributed by atoms with van der Waals surface area (Å²) in [7, 11) is 0. The predicted octanol–water partition coefficient (Wildman–Crippen LogP) is -0.133. The summed E-state index contributed by atoms with van der Waals surface area (Å²) < 4.78 is 4.17. The first-order valence-corrected chi connectivity index (χ1v) is 1.13. The van der Waals surface area contributed by atoms with E-state index in [1.54, 1.807) is 0 Å². The van der Waals surface area contributed by atoms with Crippen molar-refractivity contribution in [1.29, 1.82) is 0 Å². The van der Waals surface area contributed by atoms with Crippen molar-refractivity contribution in [1.82, 2.24) is 10.4 Å². The third kappa shape index (κ3) is 1.29. The van der Waals surface area contributed by atoms with Gasteiger partial charge in [-0.1, -0.05) is 0 Å². The standard InChI is InChI=1S/C2HN2O.Ir/c1-2-5-4-3-1;/h2H;/q-1;. The minimum absolute atomic E-state index is 0. The molecule has 0 bridgehead atoms. The minimum Gasteiger partial charge on any atom is -0.386 e. The molecule has 0 N–H and O–H groups in total. The average molecular weight is 261 g/mol. The minimum atomic E-state index is 0. The van der Waals surface area contributed by atoms with Gasteiger partial charge in [0, 0.05) is 20.1 Å². The van der Waals surface area contributed by atoms with E-state index in [0.717, 1.165) is 0 Å². The van der Waals surface area contributed by atoms with Crippen LogP contribution in [0.3, 0.4) is 0 Å². The summed E-state index contributed by atoms with van der Waals surface area (Å²) in [6, 6.07) is 0. The average Bonchev–Trinajstić information content (AvgIpc) is 1.76. The van der Waals surface area contributed by atoms with Gasteiger partial charge in [-0.2, -0.15) is 0 Å². The van der Waals surface area contributed by atoms with E-state index in [9.17, 15) is 0 Å². The van der Waals surface area contributed by atoms with Crippen molar-refractivity contribution in [3.05, 3.63) is 12.5 Å². The van der Waals surface area contributed by atoms with Crippen molar-refractivity contribution in [3.8, 4) is 0 Å². The largest absolute Gasteiger partial charge is 0.386 e. The SMILES string of the molecule is [Ir].[c-]1conn1. The molecule has 0 aliphatic heterocycles. The van der Waals surface area contributed by atoms with E-state index in [0.29, 0.717) is 0 Å². The molecule has 1 aromatic heterocycles. The molecule has 4 heteroatoms. The van der Waals surface area contributed by atoms with Crippen LogP contribution >= 0.6 is 0 Å². The summed E-state index contributed by atoms with van der Waals surface area (Å²) in [5, 5.41) is 6.22. The Morgan fingerprint density at radius 2 is 2.50 bits per heavy atom. The Kier molecular flexibility index (Phi) is 2.89. The Balaban J connectivity index is 0.000000250. The molecular formula is C2HIrN2O-. The van der Waals surface area contributed by atoms with Gasteiger partial charge in [0.2, 0.25) is 0 Å². The van der Waals surface area contributed by atoms with Gasteiger partial charge < -0.3 is 15.8 Å². The third-order valence-corrected chi connectivity index (χ3v) is 0.251. The molecule has 6 heavy (non-hydrogen) atoms. The number of hydrogen-bond donors (Lipinski definition) is 0. The zero-order chi connectivity index (χ0) is 3.54. The van der Waals surface area contributed by atoms with E-state index in [4.69, 9.17) is 0 Å². The number of rotatable bonds is 0. The Labute approximate surface area is 48.1 Å². The molecule has 0 saturated heterocycles. The second-order valence-electron chi connectivity index (χ2n) is 0.534. The molecule has 1 aromatic rings. The zero-order valence-corrected chi connectivity index (χ0v) is 5.11. The summed E-state index contributed by atoms with van der Waals surface area (Å²) in [4.78, 5) is 0.